The highest BCUT2D eigenvalue weighted by molar-refractivity contribution is 5.13. The van der Waals surface area contributed by atoms with Crippen molar-refractivity contribution >= 4 is 0 Å². The first-order chi connectivity index (χ1) is 14.5. The van der Waals surface area contributed by atoms with Gasteiger partial charge in [0.15, 0.2) is 0 Å². The van der Waals surface area contributed by atoms with E-state index in [-0.39, 0.29) is 47.1 Å². The number of fused-ring (bicyclic) bond motifs is 5. The van der Waals surface area contributed by atoms with Gasteiger partial charge in [0, 0.05) is 0 Å². The van der Waals surface area contributed by atoms with E-state index in [9.17, 15) is 20.4 Å². The van der Waals surface area contributed by atoms with Gasteiger partial charge in [-0.2, -0.15) is 0 Å². The van der Waals surface area contributed by atoms with E-state index < -0.39 is 0 Å². The molecule has 31 heavy (non-hydrogen) atoms. The fourth-order valence-corrected chi connectivity index (χ4v) is 9.24. The van der Waals surface area contributed by atoms with Gasteiger partial charge in [-0.05, 0) is 110 Å². The molecule has 4 N–H and O–H groups in total. The summed E-state index contributed by atoms with van der Waals surface area (Å²) in [5, 5.41) is 43.1. The molecule has 12 atom stereocenters. The van der Waals surface area contributed by atoms with Gasteiger partial charge in [0.25, 0.3) is 0 Å². The van der Waals surface area contributed by atoms with Crippen molar-refractivity contribution in [2.45, 2.75) is 117 Å². The molecule has 4 aliphatic rings. The Balaban J connectivity index is 1.54. The van der Waals surface area contributed by atoms with Gasteiger partial charge in [-0.3, -0.25) is 0 Å². The number of rotatable bonds is 5. The molecule has 0 saturated heterocycles. The number of aliphatic hydroxyl groups excluding tert-OH is 4. The molecule has 0 unspecified atom stereocenters. The van der Waals surface area contributed by atoms with Crippen LogP contribution in [-0.2, 0) is 0 Å². The second-order valence-corrected chi connectivity index (χ2v) is 13.0. The zero-order valence-corrected chi connectivity index (χ0v) is 20.5. The molecule has 4 nitrogen and oxygen atoms in total. The van der Waals surface area contributed by atoms with E-state index in [4.69, 9.17) is 0 Å². The lowest BCUT2D eigenvalue weighted by Gasteiger charge is -2.62. The van der Waals surface area contributed by atoms with Crippen molar-refractivity contribution in [2.75, 3.05) is 0 Å². The SMILES string of the molecule is CC(C)[C@@H](O)CC[C@@H](C)[C@H]1C[C@@H](O)[C@H]2[C@@H]3C[C@@H](O)[C@H]4C[C@@H](O)CC[C@]4(C)[C@H]3CC[C@@]21C. The highest BCUT2D eigenvalue weighted by atomic mass is 16.3. The minimum Gasteiger partial charge on any atom is -0.393 e. The minimum absolute atomic E-state index is 0.0910. The molecule has 0 aromatic heterocycles. The van der Waals surface area contributed by atoms with Crippen LogP contribution in [0.2, 0.25) is 0 Å². The van der Waals surface area contributed by atoms with Gasteiger partial charge in [0.2, 0.25) is 0 Å². The Morgan fingerprint density at radius 2 is 1.48 bits per heavy atom. The smallest absolute Gasteiger partial charge is 0.0579 e. The van der Waals surface area contributed by atoms with E-state index in [2.05, 4.69) is 34.6 Å². The predicted octanol–water partition coefficient (Wildman–Crippen LogP) is 4.38. The molecular weight excluding hydrogens is 388 g/mol. The van der Waals surface area contributed by atoms with Crippen molar-refractivity contribution in [3.8, 4) is 0 Å². The summed E-state index contributed by atoms with van der Waals surface area (Å²) in [5.41, 5.74) is 0.216. The fraction of sp³-hybridized carbons (Fsp3) is 1.00. The lowest BCUT2D eigenvalue weighted by atomic mass is 9.43. The molecular formula is C27H48O4. The summed E-state index contributed by atoms with van der Waals surface area (Å²) in [6.07, 6.45) is 7.36. The first-order valence-corrected chi connectivity index (χ1v) is 13.2. The van der Waals surface area contributed by atoms with Crippen LogP contribution in [0.25, 0.3) is 0 Å². The fourth-order valence-electron chi connectivity index (χ4n) is 9.24. The molecule has 0 aliphatic heterocycles. The van der Waals surface area contributed by atoms with E-state index in [0.717, 1.165) is 44.9 Å². The number of hydrogen-bond acceptors (Lipinski definition) is 4. The predicted molar refractivity (Wildman–Crippen MR) is 123 cm³/mol. The second kappa shape index (κ2) is 8.56. The molecule has 4 rings (SSSR count). The Morgan fingerprint density at radius 1 is 0.806 bits per heavy atom. The maximum absolute atomic E-state index is 11.4. The van der Waals surface area contributed by atoms with Gasteiger partial charge in [-0.15, -0.1) is 0 Å². The minimum atomic E-state index is -0.353. The maximum atomic E-state index is 11.4. The van der Waals surface area contributed by atoms with Gasteiger partial charge < -0.3 is 20.4 Å². The first-order valence-electron chi connectivity index (χ1n) is 13.2. The van der Waals surface area contributed by atoms with Gasteiger partial charge in [-0.25, -0.2) is 0 Å². The van der Waals surface area contributed by atoms with Crippen LogP contribution in [0.4, 0.5) is 0 Å². The Hall–Kier alpha value is -0.160. The van der Waals surface area contributed by atoms with Crippen molar-refractivity contribution in [2.24, 2.45) is 52.3 Å². The molecule has 0 bridgehead atoms. The highest BCUT2D eigenvalue weighted by Crippen LogP contribution is 2.68. The monoisotopic (exact) mass is 436 g/mol. The molecule has 0 spiro atoms. The third kappa shape index (κ3) is 3.92. The normalized spacial score (nSPS) is 51.7. The summed E-state index contributed by atoms with van der Waals surface area (Å²) < 4.78 is 0. The third-order valence-electron chi connectivity index (χ3n) is 11.1. The molecule has 0 aromatic rings. The molecule has 4 saturated carbocycles. The summed E-state index contributed by atoms with van der Waals surface area (Å²) in [6.45, 7) is 11.3. The Kier molecular flexibility index (Phi) is 6.62. The number of aliphatic hydroxyl groups is 4. The lowest BCUT2D eigenvalue weighted by molar-refractivity contribution is -0.181. The Bertz CT molecular complexity index is 637. The second-order valence-electron chi connectivity index (χ2n) is 13.0. The van der Waals surface area contributed by atoms with Crippen LogP contribution in [0, 0.1) is 52.3 Å². The lowest BCUT2D eigenvalue weighted by Crippen LogP contribution is -2.59. The van der Waals surface area contributed by atoms with E-state index in [1.807, 2.05) is 0 Å². The van der Waals surface area contributed by atoms with Gasteiger partial charge in [0.05, 0.1) is 24.4 Å². The Morgan fingerprint density at radius 3 is 2.16 bits per heavy atom. The Labute approximate surface area is 189 Å². The van der Waals surface area contributed by atoms with Crippen LogP contribution >= 0.6 is 0 Å². The van der Waals surface area contributed by atoms with E-state index in [1.54, 1.807) is 0 Å². The standard InChI is InChI=1S/C27H48O4/c1-15(2)22(29)7-6-16(3)20-14-24(31)25-18-13-23(30)21-12-17(28)8-10-26(21,4)19(18)9-11-27(20,25)5/h15-25,28-31H,6-14H2,1-5H3/t16-,17+,18-,19+,20-,21-,22+,23-,24-,25-,26-,27-/m1/s1. The van der Waals surface area contributed by atoms with Crippen molar-refractivity contribution in [3.05, 3.63) is 0 Å². The van der Waals surface area contributed by atoms with Crippen LogP contribution in [0.5, 0.6) is 0 Å². The maximum Gasteiger partial charge on any atom is 0.0579 e. The first kappa shape index (κ1) is 24.0. The van der Waals surface area contributed by atoms with Gasteiger partial charge in [0.1, 0.15) is 0 Å². The molecule has 0 aromatic carbocycles. The van der Waals surface area contributed by atoms with E-state index in [1.165, 1.54) is 12.8 Å². The molecule has 0 heterocycles. The van der Waals surface area contributed by atoms with Gasteiger partial charge >= 0.3 is 0 Å². The van der Waals surface area contributed by atoms with Crippen LogP contribution in [-0.4, -0.2) is 44.8 Å². The molecule has 0 radical (unpaired) electrons. The zero-order valence-electron chi connectivity index (χ0n) is 20.5. The average molecular weight is 437 g/mol. The summed E-state index contributed by atoms with van der Waals surface area (Å²) in [5.74, 6) is 2.70. The van der Waals surface area contributed by atoms with Crippen LogP contribution in [0.1, 0.15) is 92.4 Å². The van der Waals surface area contributed by atoms with E-state index in [0.29, 0.717) is 29.6 Å². The summed E-state index contributed by atoms with van der Waals surface area (Å²) >= 11 is 0. The van der Waals surface area contributed by atoms with Crippen molar-refractivity contribution in [3.63, 3.8) is 0 Å². The highest BCUT2D eigenvalue weighted by Gasteiger charge is 2.64. The van der Waals surface area contributed by atoms with Crippen molar-refractivity contribution in [1.82, 2.24) is 0 Å². The quantitative estimate of drug-likeness (QED) is 0.515. The van der Waals surface area contributed by atoms with Crippen LogP contribution in [0.3, 0.4) is 0 Å². The number of hydrogen-bond donors (Lipinski definition) is 4. The average Bonchev–Trinajstić information content (AvgIpc) is 2.98. The summed E-state index contributed by atoms with van der Waals surface area (Å²) in [4.78, 5) is 0. The third-order valence-corrected chi connectivity index (χ3v) is 11.1. The molecule has 180 valence electrons. The summed E-state index contributed by atoms with van der Waals surface area (Å²) in [7, 11) is 0. The molecule has 4 heteroatoms. The molecule has 4 fully saturated rings. The topological polar surface area (TPSA) is 80.9 Å². The molecule has 4 aliphatic carbocycles. The van der Waals surface area contributed by atoms with Crippen LogP contribution in [0.15, 0.2) is 0 Å². The largest absolute Gasteiger partial charge is 0.393 e. The summed E-state index contributed by atoms with van der Waals surface area (Å²) in [6, 6.07) is 0. The van der Waals surface area contributed by atoms with Crippen LogP contribution < -0.4 is 0 Å². The zero-order chi connectivity index (χ0) is 22.7. The van der Waals surface area contributed by atoms with E-state index >= 15 is 0 Å². The van der Waals surface area contributed by atoms with Crippen molar-refractivity contribution in [1.29, 1.82) is 0 Å². The van der Waals surface area contributed by atoms with Crippen molar-refractivity contribution < 1.29 is 20.4 Å². The van der Waals surface area contributed by atoms with Gasteiger partial charge in [-0.1, -0.05) is 34.6 Å². The molecule has 0 amide bonds.